The molecule has 2 heterocycles. The maximum atomic E-state index is 11.0. The van der Waals surface area contributed by atoms with Crippen molar-refractivity contribution in [3.63, 3.8) is 0 Å². The van der Waals surface area contributed by atoms with Crippen LogP contribution in [0.2, 0.25) is 0 Å². The molecule has 0 fully saturated rings. The zero-order valence-corrected chi connectivity index (χ0v) is 10.9. The molecule has 0 saturated heterocycles. The van der Waals surface area contributed by atoms with Gasteiger partial charge in [0.2, 0.25) is 11.6 Å². The molecule has 0 aromatic carbocycles. The molecule has 0 bridgehead atoms. The van der Waals surface area contributed by atoms with Crippen molar-refractivity contribution in [1.82, 2.24) is 15.0 Å². The molecule has 0 aliphatic rings. The van der Waals surface area contributed by atoms with Gasteiger partial charge in [-0.05, 0) is 24.1 Å². The van der Waals surface area contributed by atoms with Crippen LogP contribution in [0.15, 0.2) is 30.9 Å². The van der Waals surface area contributed by atoms with Gasteiger partial charge >= 0.3 is 5.69 Å². The zero-order valence-electron chi connectivity index (χ0n) is 10.9. The maximum absolute atomic E-state index is 11.0. The van der Waals surface area contributed by atoms with Crippen LogP contribution in [0.25, 0.3) is 0 Å². The topological polar surface area (TPSA) is 111 Å². The van der Waals surface area contributed by atoms with E-state index in [1.165, 1.54) is 6.33 Å². The van der Waals surface area contributed by atoms with Crippen LogP contribution in [0.1, 0.15) is 5.56 Å². The first-order valence-corrected chi connectivity index (χ1v) is 5.94. The number of nitrogens with zero attached hydrogens (tertiary/aromatic N) is 5. The van der Waals surface area contributed by atoms with Gasteiger partial charge in [0.05, 0.1) is 4.92 Å². The molecule has 0 atom stereocenters. The Kier molecular flexibility index (Phi) is 4.04. The van der Waals surface area contributed by atoms with Crippen LogP contribution >= 0.6 is 0 Å². The average molecular weight is 274 g/mol. The summed E-state index contributed by atoms with van der Waals surface area (Å²) >= 11 is 0. The van der Waals surface area contributed by atoms with Gasteiger partial charge in [0, 0.05) is 26.0 Å². The Morgan fingerprint density at radius 3 is 2.70 bits per heavy atom. The predicted molar refractivity (Wildman–Crippen MR) is 74.3 cm³/mol. The molecule has 0 aliphatic carbocycles. The minimum Gasteiger partial charge on any atom is -0.378 e. The van der Waals surface area contributed by atoms with Gasteiger partial charge < -0.3 is 10.6 Å². The number of nitrogens with two attached hydrogens (primary N) is 1. The van der Waals surface area contributed by atoms with Crippen molar-refractivity contribution in [2.24, 2.45) is 0 Å². The van der Waals surface area contributed by atoms with Crippen molar-refractivity contribution < 1.29 is 4.92 Å². The predicted octanol–water partition coefficient (Wildman–Crippen LogP) is 1.04. The van der Waals surface area contributed by atoms with Gasteiger partial charge in [-0.25, -0.2) is 9.97 Å². The van der Waals surface area contributed by atoms with E-state index in [-0.39, 0.29) is 17.3 Å². The monoisotopic (exact) mass is 274 g/mol. The van der Waals surface area contributed by atoms with Crippen molar-refractivity contribution in [1.29, 1.82) is 0 Å². The van der Waals surface area contributed by atoms with E-state index in [9.17, 15) is 10.1 Å². The number of aromatic nitrogens is 3. The molecule has 0 spiro atoms. The van der Waals surface area contributed by atoms with Crippen LogP contribution in [-0.4, -0.2) is 33.5 Å². The Labute approximate surface area is 115 Å². The van der Waals surface area contributed by atoms with Crippen LogP contribution in [0.5, 0.6) is 0 Å². The van der Waals surface area contributed by atoms with Gasteiger partial charge in [-0.3, -0.25) is 15.1 Å². The lowest BCUT2D eigenvalue weighted by Crippen LogP contribution is -2.23. The van der Waals surface area contributed by atoms with Gasteiger partial charge in [-0.15, -0.1) is 0 Å². The summed E-state index contributed by atoms with van der Waals surface area (Å²) in [7, 11) is 1.73. The quantitative estimate of drug-likeness (QED) is 0.640. The smallest absolute Gasteiger partial charge is 0.353 e. The summed E-state index contributed by atoms with van der Waals surface area (Å²) in [5, 5.41) is 11.0. The maximum Gasteiger partial charge on any atom is 0.353 e. The third kappa shape index (κ3) is 2.97. The highest BCUT2D eigenvalue weighted by Gasteiger charge is 2.23. The average Bonchev–Trinajstić information content (AvgIpc) is 2.45. The van der Waals surface area contributed by atoms with E-state index >= 15 is 0 Å². The fraction of sp³-hybridized carbons (Fsp3) is 0.250. The van der Waals surface area contributed by atoms with E-state index in [0.29, 0.717) is 6.54 Å². The molecule has 2 aromatic heterocycles. The van der Waals surface area contributed by atoms with E-state index in [1.54, 1.807) is 24.3 Å². The van der Waals surface area contributed by atoms with Gasteiger partial charge in [-0.2, -0.15) is 0 Å². The van der Waals surface area contributed by atoms with Crippen molar-refractivity contribution in [3.05, 3.63) is 46.5 Å². The van der Waals surface area contributed by atoms with Gasteiger partial charge in [0.15, 0.2) is 0 Å². The molecule has 8 heteroatoms. The summed E-state index contributed by atoms with van der Waals surface area (Å²) in [5.74, 6) is 0.0901. The van der Waals surface area contributed by atoms with Crippen molar-refractivity contribution in [2.75, 3.05) is 24.2 Å². The number of nitro groups is 1. The van der Waals surface area contributed by atoms with E-state index in [4.69, 9.17) is 5.73 Å². The number of hydrogen-bond donors (Lipinski definition) is 1. The number of anilines is 2. The van der Waals surface area contributed by atoms with E-state index < -0.39 is 4.92 Å². The lowest BCUT2D eigenvalue weighted by molar-refractivity contribution is -0.383. The zero-order chi connectivity index (χ0) is 14.5. The second-order valence-corrected chi connectivity index (χ2v) is 4.22. The fourth-order valence-electron chi connectivity index (χ4n) is 1.79. The third-order valence-corrected chi connectivity index (χ3v) is 2.86. The van der Waals surface area contributed by atoms with Gasteiger partial charge in [0.1, 0.15) is 6.33 Å². The molecule has 0 unspecified atom stereocenters. The SMILES string of the molecule is CN(CCc1ccncc1)c1ncnc(N)c1[N+](=O)[O-]. The fourth-order valence-corrected chi connectivity index (χ4v) is 1.79. The molecule has 2 aromatic rings. The molecule has 20 heavy (non-hydrogen) atoms. The number of pyridine rings is 1. The van der Waals surface area contributed by atoms with Crippen LogP contribution in [-0.2, 0) is 6.42 Å². The summed E-state index contributed by atoms with van der Waals surface area (Å²) in [6.45, 7) is 0.571. The molecule has 104 valence electrons. The summed E-state index contributed by atoms with van der Waals surface area (Å²) in [6, 6.07) is 3.80. The number of rotatable bonds is 5. The number of likely N-dealkylation sites (N-methyl/N-ethyl adjacent to an activating group) is 1. The van der Waals surface area contributed by atoms with Gasteiger partial charge in [0.25, 0.3) is 0 Å². The molecular weight excluding hydrogens is 260 g/mol. The Morgan fingerprint density at radius 1 is 1.35 bits per heavy atom. The molecule has 0 aliphatic heterocycles. The standard InChI is InChI=1S/C12H14N6O2/c1-17(7-4-9-2-5-14-6-3-9)12-10(18(19)20)11(13)15-8-16-12/h2-3,5-6,8H,4,7H2,1H3,(H2,13,15,16). The third-order valence-electron chi connectivity index (χ3n) is 2.86. The van der Waals surface area contributed by atoms with Crippen LogP contribution in [0.3, 0.4) is 0 Å². The van der Waals surface area contributed by atoms with Crippen LogP contribution in [0.4, 0.5) is 17.3 Å². The summed E-state index contributed by atoms with van der Waals surface area (Å²) in [5.41, 5.74) is 6.37. The van der Waals surface area contributed by atoms with E-state index in [1.807, 2.05) is 12.1 Å². The minimum absolute atomic E-state index is 0.129. The molecular formula is C12H14N6O2. The normalized spacial score (nSPS) is 10.2. The van der Waals surface area contributed by atoms with Crippen molar-refractivity contribution >= 4 is 17.3 Å². The van der Waals surface area contributed by atoms with Crippen molar-refractivity contribution in [2.45, 2.75) is 6.42 Å². The summed E-state index contributed by atoms with van der Waals surface area (Å²) < 4.78 is 0. The minimum atomic E-state index is -0.562. The lowest BCUT2D eigenvalue weighted by Gasteiger charge is -2.17. The Balaban J connectivity index is 2.15. The second-order valence-electron chi connectivity index (χ2n) is 4.22. The van der Waals surface area contributed by atoms with E-state index in [0.717, 1.165) is 12.0 Å². The number of nitrogen functional groups attached to an aromatic ring is 1. The summed E-state index contributed by atoms with van der Waals surface area (Å²) in [6.07, 6.45) is 5.36. The largest absolute Gasteiger partial charge is 0.378 e. The first kappa shape index (κ1) is 13.7. The van der Waals surface area contributed by atoms with Gasteiger partial charge in [-0.1, -0.05) is 0 Å². The highest BCUT2D eigenvalue weighted by molar-refractivity contribution is 5.68. The lowest BCUT2D eigenvalue weighted by atomic mass is 10.2. The Bertz CT molecular complexity index is 604. The molecule has 2 N–H and O–H groups in total. The van der Waals surface area contributed by atoms with Crippen LogP contribution < -0.4 is 10.6 Å². The van der Waals surface area contributed by atoms with Crippen LogP contribution in [0, 0.1) is 10.1 Å². The Morgan fingerprint density at radius 2 is 2.05 bits per heavy atom. The first-order valence-electron chi connectivity index (χ1n) is 5.94. The van der Waals surface area contributed by atoms with Crippen molar-refractivity contribution in [3.8, 4) is 0 Å². The molecule has 0 radical (unpaired) electrons. The molecule has 8 nitrogen and oxygen atoms in total. The first-order chi connectivity index (χ1) is 9.59. The highest BCUT2D eigenvalue weighted by atomic mass is 16.6. The Hall–Kier alpha value is -2.77. The summed E-state index contributed by atoms with van der Waals surface area (Å²) in [4.78, 5) is 23.7. The second kappa shape index (κ2) is 5.91. The molecule has 0 amide bonds. The molecule has 0 saturated carbocycles. The highest BCUT2D eigenvalue weighted by Crippen LogP contribution is 2.28. The number of hydrogen-bond acceptors (Lipinski definition) is 7. The molecule has 2 rings (SSSR count). The van der Waals surface area contributed by atoms with E-state index in [2.05, 4.69) is 15.0 Å².